The van der Waals surface area contributed by atoms with Gasteiger partial charge in [0.25, 0.3) is 0 Å². The van der Waals surface area contributed by atoms with Crippen molar-refractivity contribution in [3.63, 3.8) is 0 Å². The minimum atomic E-state index is 0.502. The number of hydrogen-bond donors (Lipinski definition) is 0. The van der Waals surface area contributed by atoms with Crippen LogP contribution in [-0.4, -0.2) is 14.8 Å². The van der Waals surface area contributed by atoms with Gasteiger partial charge >= 0.3 is 0 Å². The van der Waals surface area contributed by atoms with Crippen LogP contribution in [-0.2, 0) is 24.4 Å². The molecule has 1 aliphatic heterocycles. The van der Waals surface area contributed by atoms with E-state index in [4.69, 9.17) is 16.3 Å². The van der Waals surface area contributed by atoms with Crippen LogP contribution in [0.15, 0.2) is 24.3 Å². The first-order valence-electron chi connectivity index (χ1n) is 7.48. The molecule has 0 fully saturated rings. The lowest BCUT2D eigenvalue weighted by molar-refractivity contribution is 0.104. The topological polar surface area (TPSA) is 39.9 Å². The minimum absolute atomic E-state index is 0.502. The number of hydrogen-bond acceptors (Lipinski definition) is 4. The number of thiophene rings is 1. The zero-order valence-electron chi connectivity index (χ0n) is 13.0. The molecule has 0 saturated carbocycles. The van der Waals surface area contributed by atoms with Crippen LogP contribution in [0.4, 0.5) is 0 Å². The van der Waals surface area contributed by atoms with E-state index in [1.807, 2.05) is 19.1 Å². The number of aryl methyl sites for hydroxylation is 2. The molecule has 4 rings (SSSR count). The zero-order chi connectivity index (χ0) is 16.0. The highest BCUT2D eigenvalue weighted by Gasteiger charge is 2.24. The molecule has 23 heavy (non-hydrogen) atoms. The SMILES string of the molecule is Cc1sc2c(c1Cc1ccc(Cl)cc1)COCc1nnc(C)n1-2. The van der Waals surface area contributed by atoms with E-state index in [1.165, 1.54) is 26.6 Å². The molecule has 0 aliphatic carbocycles. The van der Waals surface area contributed by atoms with E-state index in [0.29, 0.717) is 13.2 Å². The fourth-order valence-electron chi connectivity index (χ4n) is 2.99. The van der Waals surface area contributed by atoms with Gasteiger partial charge in [0.05, 0.1) is 6.61 Å². The summed E-state index contributed by atoms with van der Waals surface area (Å²) in [6.07, 6.45) is 0.884. The molecule has 0 bridgehead atoms. The van der Waals surface area contributed by atoms with Crippen LogP contribution >= 0.6 is 22.9 Å². The molecule has 1 aliphatic rings. The average molecular weight is 346 g/mol. The maximum atomic E-state index is 5.99. The Kier molecular flexibility index (Phi) is 3.71. The van der Waals surface area contributed by atoms with Crippen molar-refractivity contribution < 1.29 is 4.74 Å². The van der Waals surface area contributed by atoms with Crippen LogP contribution in [0, 0.1) is 13.8 Å². The van der Waals surface area contributed by atoms with Gasteiger partial charge in [0.1, 0.15) is 17.4 Å². The van der Waals surface area contributed by atoms with Crippen molar-refractivity contribution in [1.29, 1.82) is 0 Å². The number of rotatable bonds is 2. The van der Waals surface area contributed by atoms with E-state index in [1.54, 1.807) is 11.3 Å². The first-order valence-corrected chi connectivity index (χ1v) is 8.67. The van der Waals surface area contributed by atoms with Gasteiger partial charge in [-0.05, 0) is 43.5 Å². The van der Waals surface area contributed by atoms with Crippen LogP contribution in [0.3, 0.4) is 0 Å². The van der Waals surface area contributed by atoms with Gasteiger partial charge in [-0.15, -0.1) is 21.5 Å². The van der Waals surface area contributed by atoms with Gasteiger partial charge in [0.15, 0.2) is 5.82 Å². The smallest absolute Gasteiger partial charge is 0.164 e. The molecule has 0 N–H and O–H groups in total. The molecule has 0 amide bonds. The quantitative estimate of drug-likeness (QED) is 0.698. The molecule has 3 heterocycles. The Hall–Kier alpha value is -1.69. The van der Waals surface area contributed by atoms with Crippen LogP contribution in [0.5, 0.6) is 0 Å². The van der Waals surface area contributed by atoms with Crippen LogP contribution in [0.1, 0.15) is 33.2 Å². The average Bonchev–Trinajstić information content (AvgIpc) is 2.97. The Morgan fingerprint density at radius 3 is 2.74 bits per heavy atom. The van der Waals surface area contributed by atoms with Crippen molar-refractivity contribution in [2.75, 3.05) is 0 Å². The van der Waals surface area contributed by atoms with Crippen molar-refractivity contribution in [2.45, 2.75) is 33.5 Å². The van der Waals surface area contributed by atoms with E-state index in [-0.39, 0.29) is 0 Å². The summed E-state index contributed by atoms with van der Waals surface area (Å²) in [4.78, 5) is 1.31. The van der Waals surface area contributed by atoms with E-state index in [2.05, 4.69) is 33.8 Å². The lowest BCUT2D eigenvalue weighted by Crippen LogP contribution is -2.00. The van der Waals surface area contributed by atoms with Crippen LogP contribution in [0.2, 0.25) is 5.02 Å². The van der Waals surface area contributed by atoms with Gasteiger partial charge in [0, 0.05) is 15.5 Å². The lowest BCUT2D eigenvalue weighted by atomic mass is 10.0. The molecular formula is C17H16ClN3OS. The summed E-state index contributed by atoms with van der Waals surface area (Å²) in [7, 11) is 0. The molecular weight excluding hydrogens is 330 g/mol. The Morgan fingerprint density at radius 1 is 1.17 bits per heavy atom. The predicted molar refractivity (Wildman–Crippen MR) is 91.5 cm³/mol. The monoisotopic (exact) mass is 345 g/mol. The maximum absolute atomic E-state index is 5.99. The highest BCUT2D eigenvalue weighted by molar-refractivity contribution is 7.14. The third-order valence-corrected chi connectivity index (χ3v) is 5.59. The molecule has 4 nitrogen and oxygen atoms in total. The van der Waals surface area contributed by atoms with Gasteiger partial charge in [0.2, 0.25) is 0 Å². The summed E-state index contributed by atoms with van der Waals surface area (Å²) >= 11 is 7.78. The first kappa shape index (κ1) is 14.9. The Morgan fingerprint density at radius 2 is 1.96 bits per heavy atom. The molecule has 3 aromatic rings. The molecule has 0 unspecified atom stereocenters. The van der Waals surface area contributed by atoms with E-state index < -0.39 is 0 Å². The highest BCUT2D eigenvalue weighted by atomic mass is 35.5. The summed E-state index contributed by atoms with van der Waals surface area (Å²) < 4.78 is 7.96. The fourth-order valence-corrected chi connectivity index (χ4v) is 4.35. The molecule has 118 valence electrons. The van der Waals surface area contributed by atoms with Gasteiger partial charge in [-0.2, -0.15) is 0 Å². The van der Waals surface area contributed by atoms with Crippen LogP contribution < -0.4 is 0 Å². The fraction of sp³-hybridized carbons (Fsp3) is 0.294. The second kappa shape index (κ2) is 5.74. The van der Waals surface area contributed by atoms with Crippen molar-refractivity contribution in [3.8, 4) is 5.00 Å². The molecule has 2 aromatic heterocycles. The third-order valence-electron chi connectivity index (χ3n) is 4.16. The standard InChI is InChI=1S/C17H16ClN3OS/c1-10-14(7-12-3-5-13(18)6-4-12)15-8-22-9-16-20-19-11(2)21(16)17(15)23-10/h3-6H,7-9H2,1-2H3. The number of halogens is 1. The third kappa shape index (κ3) is 2.59. The molecule has 0 spiro atoms. The lowest BCUT2D eigenvalue weighted by Gasteiger charge is -2.07. The predicted octanol–water partition coefficient (Wildman–Crippen LogP) is 4.22. The van der Waals surface area contributed by atoms with Crippen molar-refractivity contribution in [1.82, 2.24) is 14.8 Å². The maximum Gasteiger partial charge on any atom is 0.164 e. The Bertz CT molecular complexity index is 867. The first-order chi connectivity index (χ1) is 11.1. The zero-order valence-corrected chi connectivity index (χ0v) is 14.5. The largest absolute Gasteiger partial charge is 0.369 e. The molecule has 0 atom stereocenters. The summed E-state index contributed by atoms with van der Waals surface area (Å²) in [5.74, 6) is 1.78. The molecule has 1 aromatic carbocycles. The van der Waals surface area contributed by atoms with Crippen molar-refractivity contribution in [2.24, 2.45) is 0 Å². The van der Waals surface area contributed by atoms with Crippen molar-refractivity contribution >= 4 is 22.9 Å². The molecule has 6 heteroatoms. The second-order valence-corrected chi connectivity index (χ2v) is 7.36. The van der Waals surface area contributed by atoms with Gasteiger partial charge in [-0.3, -0.25) is 4.57 Å². The summed E-state index contributed by atoms with van der Waals surface area (Å²) in [5, 5.41) is 10.4. The highest BCUT2D eigenvalue weighted by Crippen LogP contribution is 2.36. The Balaban J connectivity index is 1.80. The number of nitrogens with zero attached hydrogens (tertiary/aromatic N) is 3. The minimum Gasteiger partial charge on any atom is -0.369 e. The second-order valence-electron chi connectivity index (χ2n) is 5.72. The number of ether oxygens (including phenoxy) is 1. The van der Waals surface area contributed by atoms with Gasteiger partial charge in [-0.25, -0.2) is 0 Å². The normalized spacial score (nSPS) is 13.5. The summed E-state index contributed by atoms with van der Waals surface area (Å²) in [5.41, 5.74) is 3.85. The number of aromatic nitrogens is 3. The number of benzene rings is 1. The molecule has 0 saturated heterocycles. The van der Waals surface area contributed by atoms with Crippen LogP contribution in [0.25, 0.3) is 5.00 Å². The summed E-state index contributed by atoms with van der Waals surface area (Å²) in [6.45, 7) is 5.27. The van der Waals surface area contributed by atoms with E-state index in [9.17, 15) is 0 Å². The Labute approximate surface area is 143 Å². The van der Waals surface area contributed by atoms with Crippen molar-refractivity contribution in [3.05, 3.63) is 62.5 Å². The van der Waals surface area contributed by atoms with E-state index >= 15 is 0 Å². The summed E-state index contributed by atoms with van der Waals surface area (Å²) in [6, 6.07) is 8.04. The van der Waals surface area contributed by atoms with Gasteiger partial charge in [-0.1, -0.05) is 23.7 Å². The molecule has 0 radical (unpaired) electrons. The van der Waals surface area contributed by atoms with E-state index in [0.717, 1.165) is 23.1 Å². The van der Waals surface area contributed by atoms with Gasteiger partial charge < -0.3 is 4.74 Å². The number of fused-ring (bicyclic) bond motifs is 3.